The summed E-state index contributed by atoms with van der Waals surface area (Å²) < 4.78 is 25.9. The van der Waals surface area contributed by atoms with Crippen LogP contribution in [0.25, 0.3) is 11.2 Å². The van der Waals surface area contributed by atoms with E-state index in [1.807, 2.05) is 0 Å². The summed E-state index contributed by atoms with van der Waals surface area (Å²) in [4.78, 5) is 14.4. The first-order valence-corrected chi connectivity index (χ1v) is 5.55. The van der Waals surface area contributed by atoms with Crippen LogP contribution in [0.2, 0.25) is 0 Å². The molecule has 0 unspecified atom stereocenters. The van der Waals surface area contributed by atoms with Crippen molar-refractivity contribution in [1.82, 2.24) is 19.9 Å². The first-order valence-electron chi connectivity index (χ1n) is 3.70. The van der Waals surface area contributed by atoms with Crippen LogP contribution in [-0.2, 0) is 10.1 Å². The van der Waals surface area contributed by atoms with Gasteiger partial charge in [-0.15, -0.1) is 0 Å². The third-order valence-electron chi connectivity index (χ3n) is 1.25. The Labute approximate surface area is 85.3 Å². The summed E-state index contributed by atoms with van der Waals surface area (Å²) in [5, 5.41) is 0. The largest absolute Gasteiger partial charge is 0.382 e. The number of hydrogen-bond acceptors (Lipinski definition) is 6. The number of aromatic amines is 1. The van der Waals surface area contributed by atoms with Crippen molar-refractivity contribution < 1.29 is 13.0 Å². The van der Waals surface area contributed by atoms with E-state index < -0.39 is 10.1 Å². The van der Waals surface area contributed by atoms with Gasteiger partial charge in [0.1, 0.15) is 11.8 Å². The molecule has 2 heterocycles. The number of nitrogens with zero attached hydrogens (tertiary/aromatic N) is 3. The van der Waals surface area contributed by atoms with Crippen LogP contribution in [0.5, 0.6) is 0 Å². The number of H-pyrrole nitrogens is 1. The summed E-state index contributed by atoms with van der Waals surface area (Å²) in [6, 6.07) is 0. The van der Waals surface area contributed by atoms with Crippen LogP contribution in [-0.4, -0.2) is 39.2 Å². The van der Waals surface area contributed by atoms with Crippen molar-refractivity contribution in [2.24, 2.45) is 0 Å². The highest BCUT2D eigenvalue weighted by atomic mass is 32.2. The van der Waals surface area contributed by atoms with Crippen LogP contribution >= 0.6 is 0 Å². The minimum atomic E-state index is -3.67. The van der Waals surface area contributed by atoms with Crippen LogP contribution in [0.15, 0.2) is 12.7 Å². The standard InChI is InChI=1S/C5H5N5.CH4O3S/c6-4-3-5(9-1-7-3)10-2-8-4;1-5(2,3)4/h1-2H,(H3,6,7,8,9,10);1H3,(H,2,3,4). The van der Waals surface area contributed by atoms with E-state index in [4.69, 9.17) is 10.3 Å². The fourth-order valence-electron chi connectivity index (χ4n) is 0.783. The Hall–Kier alpha value is -1.74. The van der Waals surface area contributed by atoms with Gasteiger partial charge in [0.25, 0.3) is 10.1 Å². The lowest BCUT2D eigenvalue weighted by Crippen LogP contribution is -1.91. The van der Waals surface area contributed by atoms with Crippen LogP contribution in [0.1, 0.15) is 0 Å². The van der Waals surface area contributed by atoms with E-state index in [0.29, 0.717) is 23.2 Å². The maximum absolute atomic E-state index is 9.19. The van der Waals surface area contributed by atoms with Crippen molar-refractivity contribution in [3.63, 3.8) is 0 Å². The van der Waals surface area contributed by atoms with E-state index in [0.717, 1.165) is 0 Å². The van der Waals surface area contributed by atoms with Gasteiger partial charge in [0.15, 0.2) is 11.5 Å². The molecule has 82 valence electrons. The van der Waals surface area contributed by atoms with E-state index in [-0.39, 0.29) is 0 Å². The molecule has 0 saturated heterocycles. The second-order valence-electron chi connectivity index (χ2n) is 2.59. The normalized spacial score (nSPS) is 10.8. The molecule has 0 fully saturated rings. The first kappa shape index (κ1) is 11.3. The smallest absolute Gasteiger partial charge is 0.261 e. The van der Waals surface area contributed by atoms with Gasteiger partial charge in [-0.1, -0.05) is 0 Å². The van der Waals surface area contributed by atoms with Crippen LogP contribution in [0, 0.1) is 0 Å². The number of anilines is 1. The first-order chi connectivity index (χ1) is 6.88. The average Bonchev–Trinajstić information content (AvgIpc) is 2.49. The Bertz CT molecular complexity index is 541. The highest BCUT2D eigenvalue weighted by Crippen LogP contribution is 2.09. The number of fused-ring (bicyclic) bond motifs is 1. The number of hydrogen-bond donors (Lipinski definition) is 3. The Balaban J connectivity index is 0.000000195. The molecule has 2 aromatic rings. The average molecular weight is 231 g/mol. The molecular formula is C6H9N5O3S. The molecule has 0 aromatic carbocycles. The minimum Gasteiger partial charge on any atom is -0.382 e. The molecule has 15 heavy (non-hydrogen) atoms. The second-order valence-corrected chi connectivity index (χ2v) is 4.06. The zero-order valence-corrected chi connectivity index (χ0v) is 8.56. The van der Waals surface area contributed by atoms with Gasteiger partial charge in [-0.3, -0.25) is 4.55 Å². The van der Waals surface area contributed by atoms with Crippen molar-refractivity contribution >= 4 is 27.1 Å². The number of nitrogen functional groups attached to an aromatic ring is 1. The monoisotopic (exact) mass is 231 g/mol. The Kier molecular flexibility index (Phi) is 3.17. The Morgan fingerprint density at radius 2 is 2.00 bits per heavy atom. The molecular weight excluding hydrogens is 222 g/mol. The zero-order chi connectivity index (χ0) is 11.5. The summed E-state index contributed by atoms with van der Waals surface area (Å²) in [7, 11) is -3.67. The maximum Gasteiger partial charge on any atom is 0.261 e. The van der Waals surface area contributed by atoms with Crippen molar-refractivity contribution in [1.29, 1.82) is 0 Å². The van der Waals surface area contributed by atoms with Crippen molar-refractivity contribution in [3.8, 4) is 0 Å². The number of rotatable bonds is 0. The number of aromatic nitrogens is 4. The molecule has 0 aliphatic carbocycles. The molecule has 2 aromatic heterocycles. The predicted octanol–water partition coefficient (Wildman–Crippen LogP) is -0.561. The van der Waals surface area contributed by atoms with Gasteiger partial charge < -0.3 is 10.7 Å². The molecule has 4 N–H and O–H groups in total. The molecule has 8 nitrogen and oxygen atoms in total. The minimum absolute atomic E-state index is 0.409. The van der Waals surface area contributed by atoms with Gasteiger partial charge in [-0.25, -0.2) is 15.0 Å². The van der Waals surface area contributed by atoms with E-state index in [1.54, 1.807) is 0 Å². The van der Waals surface area contributed by atoms with Gasteiger partial charge in [-0.05, 0) is 0 Å². The van der Waals surface area contributed by atoms with Crippen LogP contribution in [0.3, 0.4) is 0 Å². The van der Waals surface area contributed by atoms with Gasteiger partial charge in [0.05, 0.1) is 12.6 Å². The number of imidazole rings is 1. The van der Waals surface area contributed by atoms with Crippen molar-refractivity contribution in [3.05, 3.63) is 12.7 Å². The lowest BCUT2D eigenvalue weighted by Gasteiger charge is -1.88. The third kappa shape index (κ3) is 3.87. The summed E-state index contributed by atoms with van der Waals surface area (Å²) in [6.45, 7) is 0. The van der Waals surface area contributed by atoms with E-state index in [2.05, 4.69) is 19.9 Å². The lowest BCUT2D eigenvalue weighted by atomic mass is 10.5. The zero-order valence-electron chi connectivity index (χ0n) is 7.75. The highest BCUT2D eigenvalue weighted by molar-refractivity contribution is 7.85. The molecule has 0 amide bonds. The molecule has 9 heteroatoms. The molecule has 0 radical (unpaired) electrons. The topological polar surface area (TPSA) is 135 Å². The predicted molar refractivity (Wildman–Crippen MR) is 53.6 cm³/mol. The molecule has 0 aliphatic heterocycles. The van der Waals surface area contributed by atoms with E-state index >= 15 is 0 Å². The Morgan fingerprint density at radius 3 is 2.53 bits per heavy atom. The molecule has 0 aliphatic rings. The summed E-state index contributed by atoms with van der Waals surface area (Å²) >= 11 is 0. The van der Waals surface area contributed by atoms with Crippen molar-refractivity contribution in [2.75, 3.05) is 12.0 Å². The molecule has 0 atom stereocenters. The SMILES string of the molecule is CS(=O)(=O)O.Nc1ncnc2[nH]cnc12. The van der Waals surface area contributed by atoms with E-state index in [1.165, 1.54) is 12.7 Å². The molecule has 0 saturated carbocycles. The van der Waals surface area contributed by atoms with Crippen LogP contribution < -0.4 is 5.73 Å². The molecule has 0 spiro atoms. The van der Waals surface area contributed by atoms with Gasteiger partial charge in [-0.2, -0.15) is 8.42 Å². The summed E-state index contributed by atoms with van der Waals surface area (Å²) in [6.07, 6.45) is 3.65. The lowest BCUT2D eigenvalue weighted by molar-refractivity contribution is 0.490. The van der Waals surface area contributed by atoms with Gasteiger partial charge in [0, 0.05) is 0 Å². The highest BCUT2D eigenvalue weighted by Gasteiger charge is 1.99. The fraction of sp³-hybridized carbons (Fsp3) is 0.167. The fourth-order valence-corrected chi connectivity index (χ4v) is 0.783. The molecule has 2 rings (SSSR count). The summed E-state index contributed by atoms with van der Waals surface area (Å²) in [5.74, 6) is 0.409. The van der Waals surface area contributed by atoms with Crippen molar-refractivity contribution in [2.45, 2.75) is 0 Å². The Morgan fingerprint density at radius 1 is 1.40 bits per heavy atom. The summed E-state index contributed by atoms with van der Waals surface area (Å²) in [5.41, 5.74) is 6.77. The third-order valence-corrected chi connectivity index (χ3v) is 1.25. The maximum atomic E-state index is 9.19. The van der Waals surface area contributed by atoms with Gasteiger partial charge in [0.2, 0.25) is 0 Å². The number of nitrogens with two attached hydrogens (primary N) is 1. The number of nitrogens with one attached hydrogen (secondary N) is 1. The van der Waals surface area contributed by atoms with Crippen LogP contribution in [0.4, 0.5) is 5.82 Å². The second kappa shape index (κ2) is 4.19. The van der Waals surface area contributed by atoms with Gasteiger partial charge >= 0.3 is 0 Å². The van der Waals surface area contributed by atoms with E-state index in [9.17, 15) is 8.42 Å². The quantitative estimate of drug-likeness (QED) is 0.517. The molecule has 0 bridgehead atoms.